The minimum absolute atomic E-state index is 0. The molecule has 0 saturated carbocycles. The Morgan fingerprint density at radius 2 is 1.96 bits per heavy atom. The summed E-state index contributed by atoms with van der Waals surface area (Å²) in [5.41, 5.74) is 6.19. The van der Waals surface area contributed by atoms with E-state index in [2.05, 4.69) is 19.5 Å². The SMILES string of the molecule is Nc1ncnc2c1ncn2[C@@H]1O[C@H](COP(=O)([O-])[O-])[C@@H](O)[C@@H]1O.[Na+].[Na+]. The van der Waals surface area contributed by atoms with E-state index in [1.165, 1.54) is 17.2 Å². The Kier molecular flexibility index (Phi) is 8.44. The Morgan fingerprint density at radius 1 is 1.28 bits per heavy atom. The minimum atomic E-state index is -5.22. The molecule has 15 heteroatoms. The van der Waals surface area contributed by atoms with Crippen LogP contribution in [0.25, 0.3) is 11.2 Å². The molecule has 126 valence electrons. The fraction of sp³-hybridized carbons (Fsp3) is 0.500. The van der Waals surface area contributed by atoms with Crippen LogP contribution < -0.4 is 74.6 Å². The number of aliphatic hydroxyl groups is 2. The minimum Gasteiger partial charge on any atom is -0.790 e. The first-order valence-electron chi connectivity index (χ1n) is 6.39. The van der Waals surface area contributed by atoms with Crippen molar-refractivity contribution in [2.45, 2.75) is 24.5 Å². The third-order valence-electron chi connectivity index (χ3n) is 3.40. The van der Waals surface area contributed by atoms with Crippen molar-refractivity contribution in [2.24, 2.45) is 0 Å². The van der Waals surface area contributed by atoms with Gasteiger partial charge in [-0.05, 0) is 0 Å². The van der Waals surface area contributed by atoms with E-state index in [1.54, 1.807) is 0 Å². The molecule has 0 unspecified atom stereocenters. The van der Waals surface area contributed by atoms with E-state index in [9.17, 15) is 24.6 Å². The zero-order valence-electron chi connectivity index (χ0n) is 13.4. The predicted octanol–water partition coefficient (Wildman–Crippen LogP) is -9.12. The zero-order chi connectivity index (χ0) is 16.8. The number of aromatic nitrogens is 4. The smallest absolute Gasteiger partial charge is 0.790 e. The molecule has 4 N–H and O–H groups in total. The van der Waals surface area contributed by atoms with Crippen molar-refractivity contribution >= 4 is 24.8 Å². The Labute approximate surface area is 185 Å². The summed E-state index contributed by atoms with van der Waals surface area (Å²) < 4.78 is 21.3. The average Bonchev–Trinajstić information content (AvgIpc) is 3.01. The van der Waals surface area contributed by atoms with Crippen LogP contribution in [0.2, 0.25) is 0 Å². The standard InChI is InChI=1S/C10H14N5O7P.2Na/c11-8-5-9(13-2-12-8)15(3-14-5)10-7(17)6(16)4(22-10)1-21-23(18,19)20;;/h2-4,6-7,10,16-17H,1H2,(H2,11,12,13)(H2,18,19,20);;/q;2*+1/p-2/t4-,6-,7+,10-;;/m1../s1. The van der Waals surface area contributed by atoms with Gasteiger partial charge in [-0.25, -0.2) is 15.0 Å². The number of nitrogens with two attached hydrogens (primary N) is 1. The molecule has 3 heterocycles. The Morgan fingerprint density at radius 3 is 2.60 bits per heavy atom. The molecule has 0 aromatic carbocycles. The topological polar surface area (TPSA) is 192 Å². The molecule has 25 heavy (non-hydrogen) atoms. The largest absolute Gasteiger partial charge is 1.00 e. The van der Waals surface area contributed by atoms with Crippen molar-refractivity contribution in [1.29, 1.82) is 0 Å². The van der Waals surface area contributed by atoms with Gasteiger partial charge in [-0.3, -0.25) is 4.57 Å². The molecule has 0 amide bonds. The number of phosphoric acid groups is 1. The van der Waals surface area contributed by atoms with E-state index in [-0.39, 0.29) is 76.1 Å². The monoisotopic (exact) mass is 391 g/mol. The fourth-order valence-electron chi connectivity index (χ4n) is 2.32. The second-order valence-corrected chi connectivity index (χ2v) is 6.02. The molecule has 4 atom stereocenters. The van der Waals surface area contributed by atoms with Gasteiger partial charge in [0.1, 0.15) is 30.2 Å². The summed E-state index contributed by atoms with van der Waals surface area (Å²) in [6.45, 7) is -0.719. The number of nitrogen functional groups attached to an aromatic ring is 1. The molecule has 3 rings (SSSR count). The van der Waals surface area contributed by atoms with Crippen molar-refractivity contribution in [1.82, 2.24) is 19.5 Å². The van der Waals surface area contributed by atoms with Crippen LogP contribution in [0.15, 0.2) is 12.7 Å². The maximum absolute atomic E-state index is 10.5. The number of aliphatic hydroxyl groups excluding tert-OH is 2. The van der Waals surface area contributed by atoms with Crippen molar-refractivity contribution in [3.63, 3.8) is 0 Å². The molecule has 1 saturated heterocycles. The van der Waals surface area contributed by atoms with Crippen LogP contribution in [0.5, 0.6) is 0 Å². The molecular formula is C10H12N5Na2O7P. The number of imidazole rings is 1. The Hall–Kier alpha value is 0.340. The van der Waals surface area contributed by atoms with E-state index in [0.717, 1.165) is 0 Å². The number of nitrogens with zero attached hydrogens (tertiary/aromatic N) is 4. The van der Waals surface area contributed by atoms with Crippen LogP contribution in [0.1, 0.15) is 6.23 Å². The van der Waals surface area contributed by atoms with Crippen molar-refractivity contribution in [2.75, 3.05) is 12.3 Å². The van der Waals surface area contributed by atoms with Gasteiger partial charge in [0, 0.05) is 0 Å². The Balaban J connectivity index is 0.00000156. The number of ether oxygens (including phenoxy) is 1. The molecule has 1 aliphatic heterocycles. The summed E-state index contributed by atoms with van der Waals surface area (Å²) in [7, 11) is -5.22. The van der Waals surface area contributed by atoms with E-state index in [4.69, 9.17) is 10.5 Å². The molecule has 2 aromatic rings. The number of anilines is 1. The average molecular weight is 391 g/mol. The summed E-state index contributed by atoms with van der Waals surface area (Å²) in [4.78, 5) is 32.8. The number of hydrogen-bond donors (Lipinski definition) is 3. The zero-order valence-corrected chi connectivity index (χ0v) is 18.3. The summed E-state index contributed by atoms with van der Waals surface area (Å²) in [6, 6.07) is 0. The molecule has 2 aromatic heterocycles. The summed E-state index contributed by atoms with van der Waals surface area (Å²) in [5, 5.41) is 20.0. The van der Waals surface area contributed by atoms with E-state index >= 15 is 0 Å². The Bertz CT molecular complexity index is 773. The molecule has 0 bridgehead atoms. The van der Waals surface area contributed by atoms with Gasteiger partial charge in [0.05, 0.1) is 20.8 Å². The fourth-order valence-corrected chi connectivity index (χ4v) is 2.65. The van der Waals surface area contributed by atoms with Gasteiger partial charge in [0.15, 0.2) is 17.7 Å². The first-order valence-corrected chi connectivity index (χ1v) is 7.85. The molecular weight excluding hydrogens is 379 g/mol. The molecule has 0 spiro atoms. The molecule has 0 aliphatic carbocycles. The number of phosphoric ester groups is 1. The van der Waals surface area contributed by atoms with Gasteiger partial charge in [0.2, 0.25) is 0 Å². The number of hydrogen-bond acceptors (Lipinski definition) is 11. The quantitative estimate of drug-likeness (QED) is 0.331. The van der Waals surface area contributed by atoms with Gasteiger partial charge in [-0.2, -0.15) is 0 Å². The molecule has 1 fully saturated rings. The third-order valence-corrected chi connectivity index (χ3v) is 3.86. The predicted molar refractivity (Wildman–Crippen MR) is 69.2 cm³/mol. The van der Waals surface area contributed by atoms with Gasteiger partial charge < -0.3 is 39.6 Å². The van der Waals surface area contributed by atoms with Crippen molar-refractivity contribution in [3.8, 4) is 0 Å². The van der Waals surface area contributed by atoms with E-state index in [1.807, 2.05) is 0 Å². The molecule has 1 aliphatic rings. The first kappa shape index (κ1) is 23.4. The second kappa shape index (κ2) is 9.02. The summed E-state index contributed by atoms with van der Waals surface area (Å²) in [5.74, 6) is 0.125. The summed E-state index contributed by atoms with van der Waals surface area (Å²) >= 11 is 0. The van der Waals surface area contributed by atoms with Crippen LogP contribution in [-0.4, -0.2) is 54.7 Å². The first-order chi connectivity index (χ1) is 10.8. The van der Waals surface area contributed by atoms with Gasteiger partial charge in [-0.1, -0.05) is 0 Å². The van der Waals surface area contributed by atoms with Crippen molar-refractivity contribution < 1.29 is 92.9 Å². The van der Waals surface area contributed by atoms with Crippen LogP contribution in [0.4, 0.5) is 5.82 Å². The van der Waals surface area contributed by atoms with Crippen LogP contribution in [-0.2, 0) is 13.8 Å². The van der Waals surface area contributed by atoms with Crippen LogP contribution in [0.3, 0.4) is 0 Å². The van der Waals surface area contributed by atoms with E-state index < -0.39 is 39.0 Å². The van der Waals surface area contributed by atoms with Gasteiger partial charge >= 0.3 is 59.1 Å². The van der Waals surface area contributed by atoms with Gasteiger partial charge in [-0.15, -0.1) is 0 Å². The number of fused-ring (bicyclic) bond motifs is 1. The van der Waals surface area contributed by atoms with Crippen LogP contribution >= 0.6 is 7.82 Å². The van der Waals surface area contributed by atoms with Crippen molar-refractivity contribution in [3.05, 3.63) is 12.7 Å². The van der Waals surface area contributed by atoms with E-state index in [0.29, 0.717) is 0 Å². The normalized spacial score (nSPS) is 26.2. The number of rotatable bonds is 4. The maximum Gasteiger partial charge on any atom is 1.00 e. The summed E-state index contributed by atoms with van der Waals surface area (Å²) in [6.07, 6.45) is -2.75. The van der Waals surface area contributed by atoms with Crippen LogP contribution in [0, 0.1) is 0 Å². The molecule has 0 radical (unpaired) electrons. The van der Waals surface area contributed by atoms with Gasteiger partial charge in [0.25, 0.3) is 0 Å². The molecule has 12 nitrogen and oxygen atoms in total. The maximum atomic E-state index is 10.5. The second-order valence-electron chi connectivity index (χ2n) is 4.87. The third kappa shape index (κ3) is 4.99.